The van der Waals surface area contributed by atoms with Crippen LogP contribution in [0.4, 0.5) is 0 Å². The van der Waals surface area contributed by atoms with Crippen LogP contribution in [0, 0.1) is 5.41 Å². The van der Waals surface area contributed by atoms with Gasteiger partial charge >= 0.3 is 0 Å². The van der Waals surface area contributed by atoms with E-state index in [4.69, 9.17) is 5.73 Å². The van der Waals surface area contributed by atoms with E-state index in [0.717, 1.165) is 6.42 Å². The maximum atomic E-state index is 5.96. The second-order valence-corrected chi connectivity index (χ2v) is 3.35. The number of rotatable bonds is 4. The molecule has 0 unspecified atom stereocenters. The van der Waals surface area contributed by atoms with Crippen LogP contribution < -0.4 is 5.73 Å². The normalized spacial score (nSPS) is 23.8. The summed E-state index contributed by atoms with van der Waals surface area (Å²) in [4.78, 5) is 0. The Hall–Kier alpha value is -0.300. The maximum Gasteiger partial charge on any atom is 0.0130 e. The van der Waals surface area contributed by atoms with Gasteiger partial charge < -0.3 is 5.73 Å². The molecule has 0 aromatic rings. The van der Waals surface area contributed by atoms with E-state index >= 15 is 0 Å². The van der Waals surface area contributed by atoms with Gasteiger partial charge in [0, 0.05) is 6.04 Å². The Morgan fingerprint density at radius 1 is 1.70 bits per heavy atom. The summed E-state index contributed by atoms with van der Waals surface area (Å²) in [6.07, 6.45) is 6.81. The lowest BCUT2D eigenvalue weighted by Crippen LogP contribution is -2.30. The Morgan fingerprint density at radius 2 is 2.30 bits per heavy atom. The molecule has 0 spiro atoms. The summed E-state index contributed by atoms with van der Waals surface area (Å²) in [5.41, 5.74) is 6.47. The average molecular weight is 139 g/mol. The summed E-state index contributed by atoms with van der Waals surface area (Å²) in [6.45, 7) is 5.93. The van der Waals surface area contributed by atoms with Gasteiger partial charge in [0.1, 0.15) is 0 Å². The minimum Gasteiger partial charge on any atom is -0.327 e. The largest absolute Gasteiger partial charge is 0.327 e. The smallest absolute Gasteiger partial charge is 0.0130 e. The van der Waals surface area contributed by atoms with Crippen molar-refractivity contribution in [3.05, 3.63) is 12.7 Å². The van der Waals surface area contributed by atoms with Gasteiger partial charge in [-0.3, -0.25) is 0 Å². The van der Waals surface area contributed by atoms with Crippen LogP contribution in [-0.2, 0) is 0 Å². The molecule has 0 saturated heterocycles. The lowest BCUT2D eigenvalue weighted by Gasteiger charge is -2.19. The van der Waals surface area contributed by atoms with E-state index in [2.05, 4.69) is 13.5 Å². The first-order valence-electron chi connectivity index (χ1n) is 4.11. The summed E-state index contributed by atoms with van der Waals surface area (Å²) in [5, 5.41) is 0. The van der Waals surface area contributed by atoms with E-state index < -0.39 is 0 Å². The average Bonchev–Trinajstić information content (AvgIpc) is 2.68. The molecule has 1 aliphatic rings. The monoisotopic (exact) mass is 139 g/mol. The lowest BCUT2D eigenvalue weighted by atomic mass is 9.92. The van der Waals surface area contributed by atoms with Gasteiger partial charge in [-0.25, -0.2) is 0 Å². The van der Waals surface area contributed by atoms with Gasteiger partial charge in [0.05, 0.1) is 0 Å². The van der Waals surface area contributed by atoms with Crippen molar-refractivity contribution in [3.63, 3.8) is 0 Å². The fourth-order valence-electron chi connectivity index (χ4n) is 1.58. The Balaban J connectivity index is 2.38. The van der Waals surface area contributed by atoms with Gasteiger partial charge in [-0.15, -0.1) is 6.58 Å². The van der Waals surface area contributed by atoms with Crippen molar-refractivity contribution in [2.24, 2.45) is 11.1 Å². The standard InChI is InChI=1S/C9H17N/c1-3-5-8(10)9(4-2)6-7-9/h3,8H,1,4-7,10H2,2H3/t8-/m0/s1. The van der Waals surface area contributed by atoms with Crippen LogP contribution in [0.2, 0.25) is 0 Å². The Bertz CT molecular complexity index is 125. The van der Waals surface area contributed by atoms with Gasteiger partial charge in [-0.1, -0.05) is 13.0 Å². The second-order valence-electron chi connectivity index (χ2n) is 3.35. The fourth-order valence-corrected chi connectivity index (χ4v) is 1.58. The highest BCUT2D eigenvalue weighted by Crippen LogP contribution is 2.51. The molecule has 1 rings (SSSR count). The van der Waals surface area contributed by atoms with Crippen LogP contribution in [0.15, 0.2) is 12.7 Å². The molecule has 0 bridgehead atoms. The molecule has 0 amide bonds. The van der Waals surface area contributed by atoms with Crippen molar-refractivity contribution >= 4 is 0 Å². The van der Waals surface area contributed by atoms with Gasteiger partial charge in [-0.05, 0) is 31.1 Å². The fraction of sp³-hybridized carbons (Fsp3) is 0.778. The second kappa shape index (κ2) is 2.75. The minimum atomic E-state index is 0.370. The predicted octanol–water partition coefficient (Wildman–Crippen LogP) is 2.08. The van der Waals surface area contributed by atoms with E-state index in [1.165, 1.54) is 19.3 Å². The summed E-state index contributed by atoms with van der Waals surface area (Å²) < 4.78 is 0. The molecule has 1 saturated carbocycles. The van der Waals surface area contributed by atoms with Crippen molar-refractivity contribution in [1.82, 2.24) is 0 Å². The molecule has 0 aromatic heterocycles. The molecule has 1 atom stereocenters. The Morgan fingerprint density at radius 3 is 2.60 bits per heavy atom. The number of nitrogens with two attached hydrogens (primary N) is 1. The molecule has 0 heterocycles. The van der Waals surface area contributed by atoms with Crippen LogP contribution in [0.5, 0.6) is 0 Å². The Labute approximate surface area is 63.3 Å². The first-order valence-corrected chi connectivity index (χ1v) is 4.11. The third-order valence-electron chi connectivity index (χ3n) is 2.80. The van der Waals surface area contributed by atoms with Crippen molar-refractivity contribution in [2.75, 3.05) is 0 Å². The highest BCUT2D eigenvalue weighted by molar-refractivity contribution is 5.01. The van der Waals surface area contributed by atoms with Gasteiger partial charge in [-0.2, -0.15) is 0 Å². The molecule has 0 radical (unpaired) electrons. The van der Waals surface area contributed by atoms with Crippen molar-refractivity contribution in [2.45, 2.75) is 38.6 Å². The highest BCUT2D eigenvalue weighted by Gasteiger charge is 2.45. The quantitative estimate of drug-likeness (QED) is 0.593. The Kier molecular flexibility index (Phi) is 2.14. The number of hydrogen-bond acceptors (Lipinski definition) is 1. The topological polar surface area (TPSA) is 26.0 Å². The molecule has 1 heteroatoms. The SMILES string of the molecule is C=CC[C@H](N)C1(CC)CC1. The van der Waals surface area contributed by atoms with Crippen LogP contribution in [-0.4, -0.2) is 6.04 Å². The van der Waals surface area contributed by atoms with Crippen LogP contribution in [0.25, 0.3) is 0 Å². The third-order valence-corrected chi connectivity index (χ3v) is 2.80. The van der Waals surface area contributed by atoms with E-state index in [0.29, 0.717) is 11.5 Å². The summed E-state index contributed by atoms with van der Waals surface area (Å²) in [5.74, 6) is 0. The van der Waals surface area contributed by atoms with E-state index in [9.17, 15) is 0 Å². The first-order chi connectivity index (χ1) is 4.75. The van der Waals surface area contributed by atoms with Gasteiger partial charge in [0.15, 0.2) is 0 Å². The van der Waals surface area contributed by atoms with Crippen molar-refractivity contribution in [3.8, 4) is 0 Å². The van der Waals surface area contributed by atoms with Gasteiger partial charge in [0.2, 0.25) is 0 Å². The van der Waals surface area contributed by atoms with Crippen molar-refractivity contribution < 1.29 is 0 Å². The third kappa shape index (κ3) is 1.24. The minimum absolute atomic E-state index is 0.370. The molecule has 1 aliphatic carbocycles. The van der Waals surface area contributed by atoms with E-state index in [-0.39, 0.29) is 0 Å². The van der Waals surface area contributed by atoms with Gasteiger partial charge in [0.25, 0.3) is 0 Å². The first kappa shape index (κ1) is 7.80. The van der Waals surface area contributed by atoms with Crippen LogP contribution in [0.3, 0.4) is 0 Å². The zero-order valence-corrected chi connectivity index (χ0v) is 6.77. The molecular formula is C9H17N. The van der Waals surface area contributed by atoms with E-state index in [1.807, 2.05) is 6.08 Å². The molecule has 1 nitrogen and oxygen atoms in total. The predicted molar refractivity (Wildman–Crippen MR) is 44.7 cm³/mol. The zero-order chi connectivity index (χ0) is 7.61. The molecular weight excluding hydrogens is 122 g/mol. The maximum absolute atomic E-state index is 5.96. The summed E-state index contributed by atoms with van der Waals surface area (Å²) in [6, 6.07) is 0.370. The molecule has 10 heavy (non-hydrogen) atoms. The molecule has 58 valence electrons. The van der Waals surface area contributed by atoms with Crippen LogP contribution >= 0.6 is 0 Å². The lowest BCUT2D eigenvalue weighted by molar-refractivity contribution is 0.386. The van der Waals surface area contributed by atoms with E-state index in [1.54, 1.807) is 0 Å². The number of hydrogen-bond donors (Lipinski definition) is 1. The summed E-state index contributed by atoms with van der Waals surface area (Å²) >= 11 is 0. The molecule has 2 N–H and O–H groups in total. The summed E-state index contributed by atoms with van der Waals surface area (Å²) in [7, 11) is 0. The van der Waals surface area contributed by atoms with Crippen molar-refractivity contribution in [1.29, 1.82) is 0 Å². The molecule has 0 aromatic carbocycles. The van der Waals surface area contributed by atoms with Crippen LogP contribution in [0.1, 0.15) is 32.6 Å². The zero-order valence-electron chi connectivity index (χ0n) is 6.77. The highest BCUT2D eigenvalue weighted by atomic mass is 14.7. The molecule has 1 fully saturated rings. The molecule has 0 aliphatic heterocycles.